The van der Waals surface area contributed by atoms with Gasteiger partial charge >= 0.3 is 0 Å². The Morgan fingerprint density at radius 1 is 1.26 bits per heavy atom. The molecule has 0 radical (unpaired) electrons. The first-order chi connectivity index (χ1) is 13.1. The molecule has 0 spiro atoms. The van der Waals surface area contributed by atoms with Gasteiger partial charge in [0.25, 0.3) is 0 Å². The van der Waals surface area contributed by atoms with Gasteiger partial charge in [-0.3, -0.25) is 19.7 Å². The number of hydrogen-bond acceptors (Lipinski definition) is 6. The van der Waals surface area contributed by atoms with Crippen molar-refractivity contribution in [3.05, 3.63) is 22.4 Å². The number of thiophene rings is 1. The molecule has 2 unspecified atom stereocenters. The summed E-state index contributed by atoms with van der Waals surface area (Å²) >= 11 is 2.95. The Bertz CT molecular complexity index is 647. The van der Waals surface area contributed by atoms with Crippen molar-refractivity contribution in [1.82, 2.24) is 21.3 Å². The lowest BCUT2D eigenvalue weighted by atomic mass is 10.1. The van der Waals surface area contributed by atoms with E-state index in [-0.39, 0.29) is 47.9 Å². The average Bonchev–Trinajstić information content (AvgIpc) is 3.31. The largest absolute Gasteiger partial charge is 0.353 e. The molecule has 1 aliphatic heterocycles. The number of nitrogens with one attached hydrogen (secondary N) is 4. The van der Waals surface area contributed by atoms with Crippen LogP contribution in [0.5, 0.6) is 0 Å². The van der Waals surface area contributed by atoms with Gasteiger partial charge < -0.3 is 16.0 Å². The van der Waals surface area contributed by atoms with Gasteiger partial charge in [0.05, 0.1) is 12.3 Å². The number of hydrogen-bond donors (Lipinski definition) is 4. The molecule has 3 rings (SSSR count). The van der Waals surface area contributed by atoms with Crippen LogP contribution in [0.4, 0.5) is 0 Å². The second-order valence-corrected chi connectivity index (χ2v) is 9.06. The molecule has 4 N–H and O–H groups in total. The monoisotopic (exact) mass is 410 g/mol. The van der Waals surface area contributed by atoms with E-state index in [1.807, 2.05) is 17.5 Å². The van der Waals surface area contributed by atoms with E-state index in [2.05, 4.69) is 21.3 Å². The van der Waals surface area contributed by atoms with Gasteiger partial charge in [-0.05, 0) is 24.3 Å². The van der Waals surface area contributed by atoms with E-state index in [1.165, 1.54) is 24.6 Å². The molecule has 3 amide bonds. The number of amides is 3. The second-order valence-electron chi connectivity index (χ2n) is 6.94. The second kappa shape index (κ2) is 10.1. The molecule has 2 atom stereocenters. The van der Waals surface area contributed by atoms with Crippen LogP contribution in [0.25, 0.3) is 0 Å². The first kappa shape index (κ1) is 20.2. The van der Waals surface area contributed by atoms with Crippen molar-refractivity contribution in [2.24, 2.45) is 0 Å². The molecular weight excluding hydrogens is 384 g/mol. The lowest BCUT2D eigenvalue weighted by Crippen LogP contribution is -2.56. The zero-order valence-electron chi connectivity index (χ0n) is 15.2. The van der Waals surface area contributed by atoms with Crippen molar-refractivity contribution < 1.29 is 14.4 Å². The predicted molar refractivity (Wildman–Crippen MR) is 107 cm³/mol. The third-order valence-electron chi connectivity index (χ3n) is 4.68. The fourth-order valence-electron chi connectivity index (χ4n) is 3.36. The quantitative estimate of drug-likeness (QED) is 0.518. The van der Waals surface area contributed by atoms with E-state index in [9.17, 15) is 14.4 Å². The first-order valence-corrected chi connectivity index (χ1v) is 11.3. The molecule has 27 heavy (non-hydrogen) atoms. The Morgan fingerprint density at radius 3 is 2.81 bits per heavy atom. The standard InChI is InChI=1S/C18H26N4O3S2/c23-15(19-10-14-6-3-7-26-14)8-13-9-16(24)22-18(21-13)27-11-17(25)20-12-4-1-2-5-12/h3,6-7,12-13,18,21H,1-2,4-5,8-11H2,(H,19,23)(H,20,25)(H,22,24). The number of rotatable bonds is 8. The van der Waals surface area contributed by atoms with E-state index in [1.54, 1.807) is 11.3 Å². The normalized spacial score (nSPS) is 23.0. The van der Waals surface area contributed by atoms with Crippen LogP contribution in [-0.2, 0) is 20.9 Å². The number of carbonyl (C=O) groups excluding carboxylic acids is 3. The Labute approximate surface area is 167 Å². The van der Waals surface area contributed by atoms with Gasteiger partial charge in [-0.25, -0.2) is 0 Å². The topological polar surface area (TPSA) is 99.3 Å². The van der Waals surface area contributed by atoms with Crippen molar-refractivity contribution in [3.8, 4) is 0 Å². The van der Waals surface area contributed by atoms with E-state index in [0.717, 1.165) is 17.7 Å². The molecule has 1 saturated carbocycles. The summed E-state index contributed by atoms with van der Waals surface area (Å²) in [4.78, 5) is 37.2. The van der Waals surface area contributed by atoms with E-state index in [0.29, 0.717) is 12.6 Å². The summed E-state index contributed by atoms with van der Waals surface area (Å²) < 4.78 is 0. The molecule has 2 heterocycles. The summed E-state index contributed by atoms with van der Waals surface area (Å²) in [5, 5.41) is 14.0. The Hall–Kier alpha value is -1.58. The minimum Gasteiger partial charge on any atom is -0.353 e. The molecule has 1 aliphatic carbocycles. The molecule has 2 fully saturated rings. The van der Waals surface area contributed by atoms with Crippen LogP contribution < -0.4 is 21.3 Å². The minimum atomic E-state index is -0.351. The van der Waals surface area contributed by atoms with E-state index in [4.69, 9.17) is 0 Å². The van der Waals surface area contributed by atoms with E-state index >= 15 is 0 Å². The number of thioether (sulfide) groups is 1. The van der Waals surface area contributed by atoms with Crippen LogP contribution in [0.2, 0.25) is 0 Å². The third-order valence-corrected chi connectivity index (χ3v) is 6.58. The van der Waals surface area contributed by atoms with Crippen LogP contribution in [0.15, 0.2) is 17.5 Å². The summed E-state index contributed by atoms with van der Waals surface area (Å²) in [6, 6.07) is 3.99. The molecule has 1 aromatic heterocycles. The third kappa shape index (κ3) is 6.82. The molecule has 1 aromatic rings. The molecule has 2 aliphatic rings. The van der Waals surface area contributed by atoms with Gasteiger partial charge in [0.15, 0.2) is 0 Å². The molecule has 1 saturated heterocycles. The van der Waals surface area contributed by atoms with Gasteiger partial charge in [-0.2, -0.15) is 0 Å². The lowest BCUT2D eigenvalue weighted by Gasteiger charge is -2.30. The van der Waals surface area contributed by atoms with Crippen LogP contribution in [0.3, 0.4) is 0 Å². The maximum Gasteiger partial charge on any atom is 0.230 e. The average molecular weight is 411 g/mol. The SMILES string of the molecule is O=C(CC1CC(=O)NC(SCC(=O)NC2CCCC2)N1)NCc1cccs1. The van der Waals surface area contributed by atoms with Gasteiger partial charge in [0, 0.05) is 29.8 Å². The Balaban J connectivity index is 1.38. The van der Waals surface area contributed by atoms with Gasteiger partial charge in [-0.1, -0.05) is 18.9 Å². The maximum atomic E-state index is 12.1. The smallest absolute Gasteiger partial charge is 0.230 e. The molecule has 9 heteroatoms. The van der Waals surface area contributed by atoms with Crippen molar-refractivity contribution in [2.75, 3.05) is 5.75 Å². The van der Waals surface area contributed by atoms with Crippen LogP contribution in [0.1, 0.15) is 43.4 Å². The summed E-state index contributed by atoms with van der Waals surface area (Å²) in [6.07, 6.45) is 4.96. The van der Waals surface area contributed by atoms with Gasteiger partial charge in [-0.15, -0.1) is 23.1 Å². The Kier molecular flexibility index (Phi) is 7.54. The fourth-order valence-corrected chi connectivity index (χ4v) is 4.91. The van der Waals surface area contributed by atoms with Crippen LogP contribution >= 0.6 is 23.1 Å². The molecule has 0 aromatic carbocycles. The lowest BCUT2D eigenvalue weighted by molar-refractivity contribution is -0.125. The first-order valence-electron chi connectivity index (χ1n) is 9.34. The highest BCUT2D eigenvalue weighted by molar-refractivity contribution is 8.00. The molecule has 148 valence electrons. The van der Waals surface area contributed by atoms with Crippen molar-refractivity contribution in [3.63, 3.8) is 0 Å². The van der Waals surface area contributed by atoms with Gasteiger partial charge in [0.2, 0.25) is 17.7 Å². The zero-order valence-corrected chi connectivity index (χ0v) is 16.8. The highest BCUT2D eigenvalue weighted by Gasteiger charge is 2.28. The summed E-state index contributed by atoms with van der Waals surface area (Å²) in [7, 11) is 0. The molecular formula is C18H26N4O3S2. The summed E-state index contributed by atoms with van der Waals surface area (Å²) in [5.41, 5.74) is -0.351. The maximum absolute atomic E-state index is 12.1. The highest BCUT2D eigenvalue weighted by atomic mass is 32.2. The van der Waals surface area contributed by atoms with Crippen LogP contribution in [0, 0.1) is 0 Å². The van der Waals surface area contributed by atoms with Crippen LogP contribution in [-0.4, -0.2) is 41.1 Å². The van der Waals surface area contributed by atoms with Crippen molar-refractivity contribution in [2.45, 2.75) is 62.7 Å². The predicted octanol–water partition coefficient (Wildman–Crippen LogP) is 1.31. The molecule has 7 nitrogen and oxygen atoms in total. The van der Waals surface area contributed by atoms with Gasteiger partial charge in [0.1, 0.15) is 5.50 Å². The summed E-state index contributed by atoms with van der Waals surface area (Å²) in [5.74, 6) is 0.0988. The van der Waals surface area contributed by atoms with E-state index < -0.39 is 0 Å². The number of carbonyl (C=O) groups is 3. The highest BCUT2D eigenvalue weighted by Crippen LogP contribution is 2.18. The molecule has 0 bridgehead atoms. The summed E-state index contributed by atoms with van der Waals surface area (Å²) in [6.45, 7) is 0.509. The van der Waals surface area contributed by atoms with Crippen molar-refractivity contribution in [1.29, 1.82) is 0 Å². The minimum absolute atomic E-state index is 0.00115. The Morgan fingerprint density at radius 2 is 2.07 bits per heavy atom. The zero-order chi connectivity index (χ0) is 19.1. The fraction of sp³-hybridized carbons (Fsp3) is 0.611. The van der Waals surface area contributed by atoms with Crippen molar-refractivity contribution >= 4 is 40.8 Å².